The molecule has 10 nitrogen and oxygen atoms in total. The van der Waals surface area contributed by atoms with Crippen LogP contribution in [0.1, 0.15) is 47.2 Å². The smallest absolute Gasteiger partial charge is 0.326 e. The molecule has 4 rings (SSSR count). The molecule has 4 amide bonds. The highest BCUT2D eigenvalue weighted by molar-refractivity contribution is 6.04. The predicted octanol–water partition coefficient (Wildman–Crippen LogP) is 1.97. The van der Waals surface area contributed by atoms with E-state index in [0.29, 0.717) is 35.4 Å². The molecule has 0 spiro atoms. The lowest BCUT2D eigenvalue weighted by Crippen LogP contribution is -2.49. The molecule has 2 aromatic rings. The average Bonchev–Trinajstić information content (AvgIpc) is 3.20. The number of amides is 4. The quantitative estimate of drug-likeness (QED) is 0.411. The molecule has 2 heterocycles. The second kappa shape index (κ2) is 11.1. The fourth-order valence-electron chi connectivity index (χ4n) is 4.54. The third-order valence-corrected chi connectivity index (χ3v) is 6.46. The van der Waals surface area contributed by atoms with E-state index in [9.17, 15) is 29.1 Å². The molecule has 2 atom stereocenters. The van der Waals surface area contributed by atoms with Crippen LogP contribution >= 0.6 is 0 Å². The highest BCUT2D eigenvalue weighted by atomic mass is 16.4. The standard InChI is InChI=1S/C27H28N4O6/c1-16-10-11-22(25(34)28-16)31-15-19-18(26(31)35)8-5-9-20(19)29-23(32)12-13-24(33)30-21(27(36)37)14-17-6-3-2-4-7-17/h2-9,21-22H,1,10-15H2,(H,28,34)(H,29,32)(H,30,33)(H,36,37)/t21-,22?/m0/s1. The number of hydrogen-bond acceptors (Lipinski definition) is 5. The van der Waals surface area contributed by atoms with Gasteiger partial charge in [-0.05, 0) is 30.5 Å². The summed E-state index contributed by atoms with van der Waals surface area (Å²) in [5.41, 5.74) is 2.85. The van der Waals surface area contributed by atoms with Crippen molar-refractivity contribution in [3.63, 3.8) is 0 Å². The van der Waals surface area contributed by atoms with Crippen molar-refractivity contribution in [2.45, 2.75) is 50.7 Å². The van der Waals surface area contributed by atoms with E-state index in [4.69, 9.17) is 0 Å². The Labute approximate surface area is 213 Å². The number of nitrogens with zero attached hydrogens (tertiary/aromatic N) is 1. The average molecular weight is 505 g/mol. The lowest BCUT2D eigenvalue weighted by molar-refractivity contribution is -0.141. The van der Waals surface area contributed by atoms with Gasteiger partial charge >= 0.3 is 5.97 Å². The van der Waals surface area contributed by atoms with Crippen molar-refractivity contribution in [3.05, 3.63) is 77.5 Å². The van der Waals surface area contributed by atoms with Gasteiger partial charge in [-0.2, -0.15) is 0 Å². The second-order valence-electron chi connectivity index (χ2n) is 9.11. The summed E-state index contributed by atoms with van der Waals surface area (Å²) in [6.07, 6.45) is 0.815. The molecule has 1 unspecified atom stereocenters. The molecule has 192 valence electrons. The van der Waals surface area contributed by atoms with Crippen LogP contribution in [0.25, 0.3) is 0 Å². The summed E-state index contributed by atoms with van der Waals surface area (Å²) < 4.78 is 0. The van der Waals surface area contributed by atoms with E-state index in [1.165, 1.54) is 4.90 Å². The van der Waals surface area contributed by atoms with Crippen LogP contribution in [-0.2, 0) is 32.1 Å². The number of carboxylic acids is 1. The van der Waals surface area contributed by atoms with Crippen molar-refractivity contribution in [1.29, 1.82) is 0 Å². The van der Waals surface area contributed by atoms with E-state index in [1.807, 2.05) is 6.07 Å². The van der Waals surface area contributed by atoms with Crippen molar-refractivity contribution >= 4 is 35.3 Å². The minimum atomic E-state index is -1.16. The first-order valence-corrected chi connectivity index (χ1v) is 12.0. The van der Waals surface area contributed by atoms with Crippen molar-refractivity contribution < 1.29 is 29.1 Å². The number of allylic oxidation sites excluding steroid dienone is 1. The van der Waals surface area contributed by atoms with Gasteiger partial charge in [-0.15, -0.1) is 0 Å². The first-order valence-electron chi connectivity index (χ1n) is 12.0. The number of carbonyl (C=O) groups excluding carboxylic acids is 4. The van der Waals surface area contributed by atoms with Crippen LogP contribution in [0.15, 0.2) is 60.8 Å². The van der Waals surface area contributed by atoms with Gasteiger partial charge in [0.15, 0.2) is 0 Å². The number of hydrogen-bond donors (Lipinski definition) is 4. The van der Waals surface area contributed by atoms with Crippen LogP contribution in [-0.4, -0.2) is 51.7 Å². The lowest BCUT2D eigenvalue weighted by atomic mass is 10.0. The highest BCUT2D eigenvalue weighted by Crippen LogP contribution is 2.32. The molecule has 0 bridgehead atoms. The van der Waals surface area contributed by atoms with Gasteiger partial charge < -0.3 is 26.0 Å². The Morgan fingerprint density at radius 1 is 1.05 bits per heavy atom. The summed E-state index contributed by atoms with van der Waals surface area (Å²) in [5, 5.41) is 17.4. The Bertz CT molecular complexity index is 1260. The number of anilines is 1. The zero-order valence-corrected chi connectivity index (χ0v) is 20.2. The molecule has 10 heteroatoms. The molecule has 0 radical (unpaired) electrons. The molecular formula is C27H28N4O6. The minimum Gasteiger partial charge on any atom is -0.480 e. The number of nitrogens with one attached hydrogen (secondary N) is 3. The summed E-state index contributed by atoms with van der Waals surface area (Å²) in [7, 11) is 0. The van der Waals surface area contributed by atoms with Gasteiger partial charge in [0.2, 0.25) is 17.7 Å². The predicted molar refractivity (Wildman–Crippen MR) is 134 cm³/mol. The van der Waals surface area contributed by atoms with Gasteiger partial charge in [-0.3, -0.25) is 19.2 Å². The summed E-state index contributed by atoms with van der Waals surface area (Å²) >= 11 is 0. The SMILES string of the molecule is C=C1CCC(N2Cc3c(NC(=O)CCC(=O)N[C@@H](Cc4ccccc4)C(=O)O)cccc3C2=O)C(=O)N1. The van der Waals surface area contributed by atoms with Crippen molar-refractivity contribution in [1.82, 2.24) is 15.5 Å². The van der Waals surface area contributed by atoms with Crippen molar-refractivity contribution in [2.24, 2.45) is 0 Å². The Morgan fingerprint density at radius 3 is 2.49 bits per heavy atom. The zero-order valence-electron chi connectivity index (χ0n) is 20.2. The normalized spacial score (nSPS) is 17.6. The van der Waals surface area contributed by atoms with Gasteiger partial charge in [0.1, 0.15) is 12.1 Å². The Balaban J connectivity index is 1.33. The molecule has 2 aliphatic rings. The fraction of sp³-hybridized carbons (Fsp3) is 0.296. The summed E-state index contributed by atoms with van der Waals surface area (Å²) in [6, 6.07) is 12.2. The molecule has 0 aromatic heterocycles. The topological polar surface area (TPSA) is 145 Å². The van der Waals surface area contributed by atoms with Gasteiger partial charge in [0.25, 0.3) is 5.91 Å². The van der Waals surface area contributed by atoms with Gasteiger partial charge in [-0.1, -0.05) is 43.0 Å². The summed E-state index contributed by atoms with van der Waals surface area (Å²) in [5.74, 6) is -2.72. The molecule has 1 fully saturated rings. The number of piperidine rings is 1. The van der Waals surface area contributed by atoms with Crippen LogP contribution in [0.4, 0.5) is 5.69 Å². The van der Waals surface area contributed by atoms with Gasteiger partial charge in [0.05, 0.1) is 0 Å². The van der Waals surface area contributed by atoms with E-state index in [2.05, 4.69) is 22.5 Å². The van der Waals surface area contributed by atoms with E-state index in [-0.39, 0.29) is 37.6 Å². The number of rotatable bonds is 9. The van der Waals surface area contributed by atoms with E-state index in [1.54, 1.807) is 42.5 Å². The largest absolute Gasteiger partial charge is 0.480 e. The van der Waals surface area contributed by atoms with Crippen LogP contribution in [0.2, 0.25) is 0 Å². The van der Waals surface area contributed by atoms with Crippen molar-refractivity contribution in [2.75, 3.05) is 5.32 Å². The molecule has 2 aromatic carbocycles. The van der Waals surface area contributed by atoms with Crippen LogP contribution in [0, 0.1) is 0 Å². The minimum absolute atomic E-state index is 0.127. The first kappa shape index (κ1) is 25.6. The number of fused-ring (bicyclic) bond motifs is 1. The molecule has 2 aliphatic heterocycles. The number of carboxylic acid groups (broad SMARTS) is 1. The van der Waals surface area contributed by atoms with Crippen molar-refractivity contribution in [3.8, 4) is 0 Å². The maximum Gasteiger partial charge on any atom is 0.326 e. The van der Waals surface area contributed by atoms with Crippen LogP contribution in [0.3, 0.4) is 0 Å². The Morgan fingerprint density at radius 2 is 1.78 bits per heavy atom. The molecule has 4 N–H and O–H groups in total. The van der Waals surface area contributed by atoms with Gasteiger partial charge in [-0.25, -0.2) is 4.79 Å². The zero-order chi connectivity index (χ0) is 26.5. The van der Waals surface area contributed by atoms with Crippen LogP contribution in [0.5, 0.6) is 0 Å². The van der Waals surface area contributed by atoms with Crippen LogP contribution < -0.4 is 16.0 Å². The maximum absolute atomic E-state index is 13.0. The molecule has 1 saturated heterocycles. The molecule has 0 aliphatic carbocycles. The monoisotopic (exact) mass is 504 g/mol. The maximum atomic E-state index is 13.0. The third kappa shape index (κ3) is 6.03. The lowest BCUT2D eigenvalue weighted by Gasteiger charge is -2.31. The fourth-order valence-corrected chi connectivity index (χ4v) is 4.54. The van der Waals surface area contributed by atoms with E-state index < -0.39 is 29.9 Å². The second-order valence-corrected chi connectivity index (χ2v) is 9.11. The third-order valence-electron chi connectivity index (χ3n) is 6.46. The Hall–Kier alpha value is -4.47. The first-order chi connectivity index (χ1) is 17.7. The summed E-state index contributed by atoms with van der Waals surface area (Å²) in [6.45, 7) is 3.94. The number of benzene rings is 2. The number of aliphatic carboxylic acids is 1. The highest BCUT2D eigenvalue weighted by Gasteiger charge is 2.39. The van der Waals surface area contributed by atoms with Gasteiger partial charge in [0, 0.05) is 48.3 Å². The molecular weight excluding hydrogens is 476 g/mol. The summed E-state index contributed by atoms with van der Waals surface area (Å²) in [4.78, 5) is 63.4. The Kier molecular flexibility index (Phi) is 7.66. The molecule has 37 heavy (non-hydrogen) atoms. The van der Waals surface area contributed by atoms with E-state index >= 15 is 0 Å². The molecule has 0 saturated carbocycles. The van der Waals surface area contributed by atoms with E-state index in [0.717, 1.165) is 5.56 Å². The number of carbonyl (C=O) groups is 5.